The molecule has 35 heavy (non-hydrogen) atoms. The van der Waals surface area contributed by atoms with E-state index in [9.17, 15) is 4.79 Å². The highest BCUT2D eigenvalue weighted by molar-refractivity contribution is 7.15. The Morgan fingerprint density at radius 1 is 1.09 bits per heavy atom. The molecule has 1 aliphatic heterocycles. The number of carbonyl (C=O) groups is 1. The van der Waals surface area contributed by atoms with Gasteiger partial charge in [-0.1, -0.05) is 42.0 Å². The van der Waals surface area contributed by atoms with Crippen molar-refractivity contribution < 1.29 is 14.4 Å². The molecule has 1 aliphatic rings. The van der Waals surface area contributed by atoms with Crippen molar-refractivity contribution >= 4 is 45.0 Å². The Labute approximate surface area is 209 Å². The van der Waals surface area contributed by atoms with Gasteiger partial charge in [0.1, 0.15) is 10.6 Å². The Morgan fingerprint density at radius 2 is 1.77 bits per heavy atom. The van der Waals surface area contributed by atoms with Gasteiger partial charge in [0.15, 0.2) is 11.6 Å². The van der Waals surface area contributed by atoms with E-state index in [1.165, 1.54) is 21.8 Å². The van der Waals surface area contributed by atoms with Crippen LogP contribution < -0.4 is 15.1 Å². The van der Waals surface area contributed by atoms with Crippen LogP contribution in [0.1, 0.15) is 22.8 Å². The topological polar surface area (TPSA) is 71.8 Å². The minimum Gasteiger partial charge on any atom is -0.462 e. The number of para-hydroxylation sites is 2. The fourth-order valence-corrected chi connectivity index (χ4v) is 5.26. The minimum absolute atomic E-state index is 0.312. The van der Waals surface area contributed by atoms with Crippen molar-refractivity contribution in [2.24, 2.45) is 0 Å². The second kappa shape index (κ2) is 10.0. The average Bonchev–Trinajstić information content (AvgIpc) is 3.28. The molecular weight excluding hydrogens is 458 g/mol. The molecular formula is C27H30N5O2S+. The second-order valence-electron chi connectivity index (χ2n) is 8.89. The molecule has 0 radical (unpaired) electrons. The van der Waals surface area contributed by atoms with Crippen LogP contribution in [0.25, 0.3) is 22.2 Å². The van der Waals surface area contributed by atoms with E-state index in [0.29, 0.717) is 23.0 Å². The number of quaternary nitrogens is 1. The number of fused-ring (bicyclic) bond motifs is 1. The zero-order chi connectivity index (χ0) is 24.4. The summed E-state index contributed by atoms with van der Waals surface area (Å²) in [5, 5.41) is 6.20. The van der Waals surface area contributed by atoms with Gasteiger partial charge in [0, 0.05) is 10.9 Å². The summed E-state index contributed by atoms with van der Waals surface area (Å²) in [6, 6.07) is 16.1. The number of anilines is 3. The Kier molecular flexibility index (Phi) is 6.66. The fraction of sp³-hybridized carbons (Fsp3) is 0.296. The summed E-state index contributed by atoms with van der Waals surface area (Å²) in [5.41, 5.74) is 5.21. The number of hydrogen-bond donors (Lipinski definition) is 2. The molecule has 2 aromatic heterocycles. The predicted octanol–water partition coefficient (Wildman–Crippen LogP) is 3.92. The first-order valence-corrected chi connectivity index (χ1v) is 12.9. The molecule has 0 saturated carbocycles. The van der Waals surface area contributed by atoms with Crippen molar-refractivity contribution in [1.29, 1.82) is 0 Å². The van der Waals surface area contributed by atoms with Crippen molar-refractivity contribution in [2.45, 2.75) is 13.8 Å². The van der Waals surface area contributed by atoms with E-state index in [4.69, 9.17) is 14.7 Å². The van der Waals surface area contributed by atoms with Crippen LogP contribution in [0, 0.1) is 6.92 Å². The first-order chi connectivity index (χ1) is 17.0. The van der Waals surface area contributed by atoms with E-state index < -0.39 is 0 Å². The van der Waals surface area contributed by atoms with E-state index in [-0.39, 0.29) is 5.97 Å². The maximum atomic E-state index is 13.1. The molecule has 0 bridgehead atoms. The lowest BCUT2D eigenvalue weighted by Gasteiger charge is -2.31. The van der Waals surface area contributed by atoms with Gasteiger partial charge in [0.05, 0.1) is 50.9 Å². The van der Waals surface area contributed by atoms with Crippen molar-refractivity contribution in [3.8, 4) is 11.1 Å². The van der Waals surface area contributed by atoms with E-state index in [1.54, 1.807) is 0 Å². The third-order valence-electron chi connectivity index (χ3n) is 6.33. The number of nitrogens with zero attached hydrogens (tertiary/aromatic N) is 3. The number of ether oxygens (including phenoxy) is 1. The van der Waals surface area contributed by atoms with Crippen molar-refractivity contribution in [2.75, 3.05) is 50.1 Å². The summed E-state index contributed by atoms with van der Waals surface area (Å²) in [6.07, 6.45) is 0. The Morgan fingerprint density at radius 3 is 2.46 bits per heavy atom. The maximum absolute atomic E-state index is 13.1. The number of rotatable bonds is 6. The SMILES string of the molecule is CCOC(=O)c1c(-c2ccc(C)cc2)csc1Nc1nc2ccccc2nc1N1CC[NH+](C)CC1. The Hall–Kier alpha value is -3.49. The lowest BCUT2D eigenvalue weighted by Crippen LogP contribution is -3.12. The smallest absolute Gasteiger partial charge is 0.341 e. The number of carbonyl (C=O) groups excluding carboxylic acids is 1. The van der Waals surface area contributed by atoms with Crippen LogP contribution in [0.5, 0.6) is 0 Å². The van der Waals surface area contributed by atoms with Crippen molar-refractivity contribution in [1.82, 2.24) is 9.97 Å². The molecule has 2 N–H and O–H groups in total. The number of likely N-dealkylation sites (N-methyl/N-ethyl adjacent to an activating group) is 1. The molecule has 5 rings (SSSR count). The highest BCUT2D eigenvalue weighted by atomic mass is 32.1. The number of thiophene rings is 1. The van der Waals surface area contributed by atoms with Crippen LogP contribution in [0.4, 0.5) is 16.6 Å². The molecule has 3 heterocycles. The molecule has 4 aromatic rings. The normalized spacial score (nSPS) is 14.3. The van der Waals surface area contributed by atoms with Gasteiger partial charge in [-0.25, -0.2) is 14.8 Å². The van der Waals surface area contributed by atoms with Crippen LogP contribution in [0.2, 0.25) is 0 Å². The van der Waals surface area contributed by atoms with E-state index in [0.717, 1.165) is 54.2 Å². The van der Waals surface area contributed by atoms with Crippen molar-refractivity contribution in [3.63, 3.8) is 0 Å². The predicted molar refractivity (Wildman–Crippen MR) is 142 cm³/mol. The fourth-order valence-electron chi connectivity index (χ4n) is 4.30. The van der Waals surface area contributed by atoms with Gasteiger partial charge in [0.2, 0.25) is 0 Å². The van der Waals surface area contributed by atoms with Gasteiger partial charge in [-0.15, -0.1) is 11.3 Å². The molecule has 1 fully saturated rings. The first kappa shape index (κ1) is 23.3. The number of hydrogen-bond acceptors (Lipinski definition) is 7. The number of aromatic nitrogens is 2. The summed E-state index contributed by atoms with van der Waals surface area (Å²) in [7, 11) is 2.21. The summed E-state index contributed by atoms with van der Waals surface area (Å²) in [6.45, 7) is 8.07. The summed E-state index contributed by atoms with van der Waals surface area (Å²) < 4.78 is 5.46. The van der Waals surface area contributed by atoms with Gasteiger partial charge in [-0.05, 0) is 31.5 Å². The second-order valence-corrected chi connectivity index (χ2v) is 9.77. The average molecular weight is 489 g/mol. The molecule has 0 amide bonds. The van der Waals surface area contributed by atoms with Gasteiger partial charge < -0.3 is 19.9 Å². The molecule has 8 heteroatoms. The monoisotopic (exact) mass is 488 g/mol. The number of piperazine rings is 1. The zero-order valence-electron chi connectivity index (χ0n) is 20.3. The van der Waals surface area contributed by atoms with Gasteiger partial charge in [-0.2, -0.15) is 0 Å². The van der Waals surface area contributed by atoms with E-state index >= 15 is 0 Å². The molecule has 0 spiro atoms. The van der Waals surface area contributed by atoms with Crippen LogP contribution in [0.15, 0.2) is 53.9 Å². The molecule has 2 aromatic carbocycles. The number of aryl methyl sites for hydroxylation is 1. The number of benzene rings is 2. The molecule has 1 saturated heterocycles. The molecule has 7 nitrogen and oxygen atoms in total. The standard InChI is InChI=1S/C27H29N5O2S/c1-4-34-27(33)23-20(19-11-9-18(2)10-12-19)17-35-26(23)30-24-25(32-15-13-31(3)14-16-32)29-22-8-6-5-7-21(22)28-24/h5-12,17H,4,13-16H2,1-3H3,(H,28,30)/p+1. The van der Waals surface area contributed by atoms with Gasteiger partial charge >= 0.3 is 5.97 Å². The lowest BCUT2D eigenvalue weighted by molar-refractivity contribution is -0.880. The molecule has 180 valence electrons. The lowest BCUT2D eigenvalue weighted by atomic mass is 10.0. The van der Waals surface area contributed by atoms with E-state index in [2.05, 4.69) is 36.3 Å². The van der Waals surface area contributed by atoms with E-state index in [1.807, 2.05) is 48.7 Å². The van der Waals surface area contributed by atoms with Crippen molar-refractivity contribution in [3.05, 3.63) is 65.0 Å². The summed E-state index contributed by atoms with van der Waals surface area (Å²) in [4.78, 5) is 26.8. The van der Waals surface area contributed by atoms with Crippen LogP contribution in [0.3, 0.4) is 0 Å². The largest absolute Gasteiger partial charge is 0.462 e. The third-order valence-corrected chi connectivity index (χ3v) is 7.23. The maximum Gasteiger partial charge on any atom is 0.341 e. The van der Waals surface area contributed by atoms with Crippen LogP contribution in [-0.2, 0) is 4.74 Å². The van der Waals surface area contributed by atoms with Gasteiger partial charge in [0.25, 0.3) is 0 Å². The highest BCUT2D eigenvalue weighted by Gasteiger charge is 2.26. The van der Waals surface area contributed by atoms with Gasteiger partial charge in [-0.3, -0.25) is 0 Å². The molecule has 0 aliphatic carbocycles. The first-order valence-electron chi connectivity index (χ1n) is 12.0. The minimum atomic E-state index is -0.342. The highest BCUT2D eigenvalue weighted by Crippen LogP contribution is 2.39. The number of esters is 1. The number of nitrogens with one attached hydrogen (secondary N) is 2. The van der Waals surface area contributed by atoms with Crippen LogP contribution >= 0.6 is 11.3 Å². The van der Waals surface area contributed by atoms with Crippen LogP contribution in [-0.4, -0.2) is 55.8 Å². The summed E-state index contributed by atoms with van der Waals surface area (Å²) >= 11 is 1.48. The molecule has 0 atom stereocenters. The third kappa shape index (κ3) is 4.85. The zero-order valence-corrected chi connectivity index (χ0v) is 21.1. The Balaban J connectivity index is 1.59. The summed E-state index contributed by atoms with van der Waals surface area (Å²) in [5.74, 6) is 1.13. The molecule has 0 unspecified atom stereocenters. The quantitative estimate of drug-likeness (QED) is 0.401. The Bertz CT molecular complexity index is 1340.